The van der Waals surface area contributed by atoms with E-state index in [2.05, 4.69) is 15.3 Å². The smallest absolute Gasteiger partial charge is 0.215 e. The molecule has 2 aromatic heterocycles. The Morgan fingerprint density at radius 1 is 1.50 bits per heavy atom. The van der Waals surface area contributed by atoms with Gasteiger partial charge in [0.05, 0.1) is 18.0 Å². The Morgan fingerprint density at radius 3 is 3.00 bits per heavy atom. The second kappa shape index (κ2) is 3.14. The maximum Gasteiger partial charge on any atom is 0.215 e. The number of hydrogen-bond donors (Lipinski definition) is 1. The quantitative estimate of drug-likeness (QED) is 0.690. The zero-order valence-corrected chi connectivity index (χ0v) is 6.99. The van der Waals surface area contributed by atoms with Crippen LogP contribution in [-0.4, -0.2) is 25.1 Å². The number of aromatic hydroxyl groups is 1. The molecule has 68 valence electrons. The summed E-state index contributed by atoms with van der Waals surface area (Å²) in [6.45, 7) is 0. The van der Waals surface area contributed by atoms with Gasteiger partial charge in [0.15, 0.2) is 5.82 Å². The van der Waals surface area contributed by atoms with Crippen LogP contribution in [0.5, 0.6) is 5.88 Å². The predicted octanol–water partition coefficient (Wildman–Crippen LogP) is 0.240. The zero-order chi connectivity index (χ0) is 9.97. The third-order valence-corrected chi connectivity index (χ3v) is 1.61. The molecule has 0 radical (unpaired) electrons. The summed E-state index contributed by atoms with van der Waals surface area (Å²) in [5.41, 5.74) is 0.366. The van der Waals surface area contributed by atoms with Gasteiger partial charge in [-0.15, -0.1) is 5.10 Å². The van der Waals surface area contributed by atoms with Crippen LogP contribution in [0.25, 0.3) is 5.82 Å². The molecule has 0 saturated carbocycles. The average Bonchev–Trinajstić information content (AvgIpc) is 2.65. The summed E-state index contributed by atoms with van der Waals surface area (Å²) in [5, 5.41) is 29.1. The summed E-state index contributed by atoms with van der Waals surface area (Å²) in [6.07, 6.45) is 2.76. The van der Waals surface area contributed by atoms with E-state index in [1.807, 2.05) is 6.07 Å². The number of aromatic nitrogens is 4. The molecule has 0 aliphatic rings. The highest BCUT2D eigenvalue weighted by atomic mass is 16.3. The lowest BCUT2D eigenvalue weighted by Crippen LogP contribution is -2.00. The molecule has 6 nitrogen and oxygen atoms in total. The molecule has 0 aliphatic heterocycles. The SMILES string of the molecule is N#Cc1cnnc(-n2nccc2O)c1. The van der Waals surface area contributed by atoms with Crippen LogP contribution < -0.4 is 0 Å². The monoisotopic (exact) mass is 187 g/mol. The van der Waals surface area contributed by atoms with Crippen molar-refractivity contribution in [2.45, 2.75) is 0 Å². The predicted molar refractivity (Wildman–Crippen MR) is 45.5 cm³/mol. The van der Waals surface area contributed by atoms with E-state index in [4.69, 9.17) is 5.26 Å². The molecule has 2 aromatic rings. The van der Waals surface area contributed by atoms with Gasteiger partial charge in [-0.2, -0.15) is 20.1 Å². The van der Waals surface area contributed by atoms with Crippen molar-refractivity contribution in [3.63, 3.8) is 0 Å². The van der Waals surface area contributed by atoms with E-state index in [0.717, 1.165) is 0 Å². The fraction of sp³-hybridized carbons (Fsp3) is 0. The summed E-state index contributed by atoms with van der Waals surface area (Å²) in [6, 6.07) is 4.83. The maximum atomic E-state index is 9.32. The summed E-state index contributed by atoms with van der Waals surface area (Å²) in [7, 11) is 0. The maximum absolute atomic E-state index is 9.32. The summed E-state index contributed by atoms with van der Waals surface area (Å²) in [5.74, 6) is 0.265. The van der Waals surface area contributed by atoms with E-state index < -0.39 is 0 Å². The van der Waals surface area contributed by atoms with Crippen LogP contribution in [0.4, 0.5) is 0 Å². The minimum atomic E-state index is -0.0469. The van der Waals surface area contributed by atoms with Gasteiger partial charge in [-0.25, -0.2) is 0 Å². The highest BCUT2D eigenvalue weighted by Crippen LogP contribution is 2.12. The highest BCUT2D eigenvalue weighted by Gasteiger charge is 2.05. The molecule has 14 heavy (non-hydrogen) atoms. The Balaban J connectivity index is 2.53. The molecule has 2 rings (SSSR count). The topological polar surface area (TPSA) is 87.6 Å². The van der Waals surface area contributed by atoms with Crippen molar-refractivity contribution in [1.82, 2.24) is 20.0 Å². The Labute approximate surface area is 79.1 Å². The molecule has 0 spiro atoms. The average molecular weight is 187 g/mol. The lowest BCUT2D eigenvalue weighted by molar-refractivity contribution is 0.431. The second-order valence-corrected chi connectivity index (χ2v) is 2.52. The van der Waals surface area contributed by atoms with Crippen molar-refractivity contribution in [2.75, 3.05) is 0 Å². The van der Waals surface area contributed by atoms with Gasteiger partial charge in [-0.3, -0.25) is 0 Å². The molecular weight excluding hydrogens is 182 g/mol. The summed E-state index contributed by atoms with van der Waals surface area (Å²) >= 11 is 0. The van der Waals surface area contributed by atoms with Gasteiger partial charge < -0.3 is 5.11 Å². The van der Waals surface area contributed by atoms with Gasteiger partial charge in [0.2, 0.25) is 5.88 Å². The van der Waals surface area contributed by atoms with E-state index in [9.17, 15) is 5.11 Å². The van der Waals surface area contributed by atoms with Crippen molar-refractivity contribution in [3.05, 3.63) is 30.1 Å². The van der Waals surface area contributed by atoms with Crippen molar-refractivity contribution < 1.29 is 5.11 Å². The van der Waals surface area contributed by atoms with Crippen molar-refractivity contribution in [2.24, 2.45) is 0 Å². The van der Waals surface area contributed by atoms with Crippen LogP contribution in [0.2, 0.25) is 0 Å². The molecule has 1 N–H and O–H groups in total. The van der Waals surface area contributed by atoms with Gasteiger partial charge in [-0.1, -0.05) is 0 Å². The standard InChI is InChI=1S/C8H5N5O/c9-4-6-3-7(12-10-5-6)13-8(14)1-2-11-13/h1-3,5,14H. The molecule has 0 bridgehead atoms. The lowest BCUT2D eigenvalue weighted by atomic mass is 10.3. The Bertz CT molecular complexity index is 498. The normalized spacial score (nSPS) is 9.64. The summed E-state index contributed by atoms with van der Waals surface area (Å²) in [4.78, 5) is 0. The van der Waals surface area contributed by atoms with Gasteiger partial charge in [0, 0.05) is 12.1 Å². The van der Waals surface area contributed by atoms with E-state index in [-0.39, 0.29) is 5.88 Å². The van der Waals surface area contributed by atoms with E-state index in [1.165, 1.54) is 29.2 Å². The molecule has 0 fully saturated rings. The first-order chi connectivity index (χ1) is 6.81. The van der Waals surface area contributed by atoms with Gasteiger partial charge in [0.1, 0.15) is 6.07 Å². The number of nitrogens with zero attached hydrogens (tertiary/aromatic N) is 5. The minimum absolute atomic E-state index is 0.0469. The number of rotatable bonds is 1. The summed E-state index contributed by atoms with van der Waals surface area (Å²) < 4.78 is 1.19. The molecule has 6 heteroatoms. The fourth-order valence-corrected chi connectivity index (χ4v) is 0.993. The molecule has 0 atom stereocenters. The number of nitriles is 1. The Morgan fingerprint density at radius 2 is 2.36 bits per heavy atom. The van der Waals surface area contributed by atoms with Crippen LogP contribution in [-0.2, 0) is 0 Å². The zero-order valence-electron chi connectivity index (χ0n) is 6.99. The van der Waals surface area contributed by atoms with Gasteiger partial charge in [-0.05, 0) is 0 Å². The van der Waals surface area contributed by atoms with Crippen LogP contribution in [0.15, 0.2) is 24.5 Å². The van der Waals surface area contributed by atoms with Crippen LogP contribution in [0.3, 0.4) is 0 Å². The van der Waals surface area contributed by atoms with Crippen molar-refractivity contribution in [1.29, 1.82) is 5.26 Å². The lowest BCUT2D eigenvalue weighted by Gasteiger charge is -1.99. The third kappa shape index (κ3) is 1.27. The first kappa shape index (κ1) is 8.19. The second-order valence-electron chi connectivity index (χ2n) is 2.52. The molecule has 0 aromatic carbocycles. The molecule has 2 heterocycles. The number of hydrogen-bond acceptors (Lipinski definition) is 5. The van der Waals surface area contributed by atoms with Gasteiger partial charge in [0.25, 0.3) is 0 Å². The Kier molecular flexibility index (Phi) is 1.84. The van der Waals surface area contributed by atoms with Crippen molar-refractivity contribution in [3.8, 4) is 17.8 Å². The highest BCUT2D eigenvalue weighted by molar-refractivity contribution is 5.34. The van der Waals surface area contributed by atoms with E-state index in [0.29, 0.717) is 11.4 Å². The van der Waals surface area contributed by atoms with Crippen LogP contribution in [0.1, 0.15) is 5.56 Å². The molecule has 0 saturated heterocycles. The molecular formula is C8H5N5O. The molecule has 0 unspecified atom stereocenters. The minimum Gasteiger partial charge on any atom is -0.493 e. The largest absolute Gasteiger partial charge is 0.493 e. The fourth-order valence-electron chi connectivity index (χ4n) is 0.993. The van der Waals surface area contributed by atoms with Crippen LogP contribution >= 0.6 is 0 Å². The van der Waals surface area contributed by atoms with Crippen molar-refractivity contribution >= 4 is 0 Å². The molecule has 0 aliphatic carbocycles. The van der Waals surface area contributed by atoms with E-state index >= 15 is 0 Å². The third-order valence-electron chi connectivity index (χ3n) is 1.61. The van der Waals surface area contributed by atoms with Gasteiger partial charge >= 0.3 is 0 Å². The van der Waals surface area contributed by atoms with Crippen LogP contribution in [0, 0.1) is 11.3 Å². The first-order valence-corrected chi connectivity index (χ1v) is 3.77. The first-order valence-electron chi connectivity index (χ1n) is 3.77. The molecule has 0 amide bonds. The van der Waals surface area contributed by atoms with E-state index in [1.54, 1.807) is 0 Å². The Hall–Kier alpha value is -2.42.